The molecule has 23 heavy (non-hydrogen) atoms. The average molecular weight is 319 g/mol. The number of urea groups is 1. The summed E-state index contributed by atoms with van der Waals surface area (Å²) in [5.74, 6) is -1.39. The normalized spacial score (nSPS) is 17.7. The number of anilines is 1. The molecule has 1 unspecified atom stereocenters. The van der Waals surface area contributed by atoms with E-state index in [0.717, 1.165) is 5.69 Å². The van der Waals surface area contributed by atoms with E-state index in [-0.39, 0.29) is 18.5 Å². The second-order valence-electron chi connectivity index (χ2n) is 5.38. The van der Waals surface area contributed by atoms with E-state index in [4.69, 9.17) is 5.11 Å². The van der Waals surface area contributed by atoms with Crippen molar-refractivity contribution < 1.29 is 19.5 Å². The highest BCUT2D eigenvalue weighted by molar-refractivity contribution is 5.96. The van der Waals surface area contributed by atoms with Gasteiger partial charge in [-0.1, -0.05) is 18.2 Å². The van der Waals surface area contributed by atoms with Gasteiger partial charge in [-0.15, -0.1) is 0 Å². The molecule has 1 aromatic carbocycles. The number of para-hydroxylation sites is 1. The molecule has 7 heteroatoms. The monoisotopic (exact) mass is 319 g/mol. The number of aliphatic carboxylic acids is 1. The second kappa shape index (κ2) is 7.62. The second-order valence-corrected chi connectivity index (χ2v) is 5.38. The summed E-state index contributed by atoms with van der Waals surface area (Å²) in [6, 6.07) is 8.16. The van der Waals surface area contributed by atoms with Gasteiger partial charge in [-0.2, -0.15) is 0 Å². The maximum absolute atomic E-state index is 12.4. The predicted octanol–water partition coefficient (Wildman–Crippen LogP) is 1.30. The van der Waals surface area contributed by atoms with E-state index in [0.29, 0.717) is 25.9 Å². The lowest BCUT2D eigenvalue weighted by Gasteiger charge is -2.33. The number of hydrogen-bond donors (Lipinski definition) is 2. The number of carbonyl (C=O) groups is 3. The van der Waals surface area contributed by atoms with Gasteiger partial charge in [0.15, 0.2) is 0 Å². The highest BCUT2D eigenvalue weighted by Crippen LogP contribution is 2.15. The van der Waals surface area contributed by atoms with Crippen molar-refractivity contribution >= 4 is 23.6 Å². The minimum atomic E-state index is -1.05. The van der Waals surface area contributed by atoms with Crippen LogP contribution in [0.5, 0.6) is 0 Å². The number of hydrogen-bond acceptors (Lipinski definition) is 3. The molecule has 0 aromatic heterocycles. The molecule has 2 N–H and O–H groups in total. The van der Waals surface area contributed by atoms with Gasteiger partial charge in [0.25, 0.3) is 0 Å². The number of carboxylic acid groups (broad SMARTS) is 1. The fourth-order valence-electron chi connectivity index (χ4n) is 2.67. The van der Waals surface area contributed by atoms with Gasteiger partial charge in [-0.05, 0) is 31.9 Å². The fourth-order valence-corrected chi connectivity index (χ4v) is 2.67. The Morgan fingerprint density at radius 3 is 2.65 bits per heavy atom. The van der Waals surface area contributed by atoms with E-state index in [1.54, 1.807) is 4.90 Å². The van der Waals surface area contributed by atoms with Gasteiger partial charge in [0.2, 0.25) is 5.91 Å². The largest absolute Gasteiger partial charge is 0.480 e. The van der Waals surface area contributed by atoms with Crippen LogP contribution in [0, 0.1) is 0 Å². The van der Waals surface area contributed by atoms with Gasteiger partial charge in [-0.25, -0.2) is 4.79 Å². The van der Waals surface area contributed by atoms with Crippen molar-refractivity contribution in [3.05, 3.63) is 30.3 Å². The molecular weight excluding hydrogens is 298 g/mol. The number of rotatable bonds is 5. The minimum Gasteiger partial charge on any atom is -0.480 e. The Morgan fingerprint density at radius 2 is 2.04 bits per heavy atom. The molecule has 1 heterocycles. The summed E-state index contributed by atoms with van der Waals surface area (Å²) in [5, 5.41) is 11.6. The Kier molecular flexibility index (Phi) is 5.56. The van der Waals surface area contributed by atoms with Gasteiger partial charge in [0.05, 0.1) is 0 Å². The third-order valence-electron chi connectivity index (χ3n) is 3.78. The van der Waals surface area contributed by atoms with Crippen LogP contribution in [-0.4, -0.2) is 53.6 Å². The van der Waals surface area contributed by atoms with Gasteiger partial charge in [0, 0.05) is 18.8 Å². The molecule has 1 aliphatic heterocycles. The Labute approximate surface area is 134 Å². The van der Waals surface area contributed by atoms with Crippen molar-refractivity contribution in [1.29, 1.82) is 0 Å². The van der Waals surface area contributed by atoms with Crippen LogP contribution in [0.25, 0.3) is 0 Å². The van der Waals surface area contributed by atoms with Crippen molar-refractivity contribution in [1.82, 2.24) is 10.2 Å². The third kappa shape index (κ3) is 4.21. The molecule has 1 saturated heterocycles. The lowest BCUT2D eigenvalue weighted by atomic mass is 10.0. The first-order chi connectivity index (χ1) is 11.0. The molecule has 1 fully saturated rings. The lowest BCUT2D eigenvalue weighted by molar-refractivity contribution is -0.146. The smallest absolute Gasteiger partial charge is 0.323 e. The van der Waals surface area contributed by atoms with Crippen molar-refractivity contribution in [2.45, 2.75) is 25.8 Å². The highest BCUT2D eigenvalue weighted by atomic mass is 16.4. The molecular formula is C16H21N3O4. The number of amides is 3. The average Bonchev–Trinajstić information content (AvgIpc) is 2.52. The predicted molar refractivity (Wildman–Crippen MR) is 85.2 cm³/mol. The maximum Gasteiger partial charge on any atom is 0.323 e. The van der Waals surface area contributed by atoms with Crippen molar-refractivity contribution in [3.8, 4) is 0 Å². The van der Waals surface area contributed by atoms with Crippen LogP contribution in [0.1, 0.15) is 19.8 Å². The van der Waals surface area contributed by atoms with Crippen LogP contribution in [0.15, 0.2) is 30.3 Å². The van der Waals surface area contributed by atoms with E-state index in [2.05, 4.69) is 5.32 Å². The van der Waals surface area contributed by atoms with Crippen LogP contribution in [0.4, 0.5) is 10.5 Å². The number of piperidine rings is 1. The number of nitrogens with one attached hydrogen (secondary N) is 1. The zero-order valence-corrected chi connectivity index (χ0v) is 13.1. The number of benzene rings is 1. The van der Waals surface area contributed by atoms with Crippen molar-refractivity contribution in [2.24, 2.45) is 0 Å². The first-order valence-electron chi connectivity index (χ1n) is 7.66. The molecule has 0 saturated carbocycles. The zero-order valence-electron chi connectivity index (χ0n) is 13.1. The van der Waals surface area contributed by atoms with E-state index >= 15 is 0 Å². The first-order valence-corrected chi connectivity index (χ1v) is 7.66. The summed E-state index contributed by atoms with van der Waals surface area (Å²) in [7, 11) is 0. The molecule has 124 valence electrons. The molecule has 1 aromatic rings. The molecule has 3 amide bonds. The van der Waals surface area contributed by atoms with E-state index < -0.39 is 12.0 Å². The van der Waals surface area contributed by atoms with Gasteiger partial charge in [-0.3, -0.25) is 14.5 Å². The molecule has 7 nitrogen and oxygen atoms in total. The van der Waals surface area contributed by atoms with E-state index in [9.17, 15) is 14.4 Å². The summed E-state index contributed by atoms with van der Waals surface area (Å²) >= 11 is 0. The van der Waals surface area contributed by atoms with Gasteiger partial charge < -0.3 is 15.3 Å². The Bertz CT molecular complexity index is 576. The molecule has 2 rings (SSSR count). The summed E-state index contributed by atoms with van der Waals surface area (Å²) in [5.41, 5.74) is 0.748. The SMILES string of the molecule is CCN(C(=O)NC1CCCN(CC(=O)O)C1=O)c1ccccc1. The molecule has 1 aliphatic rings. The van der Waals surface area contributed by atoms with Crippen LogP contribution in [0.2, 0.25) is 0 Å². The number of nitrogens with zero attached hydrogens (tertiary/aromatic N) is 2. The van der Waals surface area contributed by atoms with E-state index in [1.165, 1.54) is 4.90 Å². The molecule has 0 aliphatic carbocycles. The quantitative estimate of drug-likeness (QED) is 0.856. The standard InChI is InChI=1S/C16H21N3O4/c1-2-19(12-7-4-3-5-8-12)16(23)17-13-9-6-10-18(15(13)22)11-14(20)21/h3-5,7-8,13H,2,6,9-11H2,1H3,(H,17,23)(H,20,21). The number of carbonyl (C=O) groups excluding carboxylic acids is 2. The van der Waals surface area contributed by atoms with Crippen LogP contribution in [-0.2, 0) is 9.59 Å². The van der Waals surface area contributed by atoms with Gasteiger partial charge in [0.1, 0.15) is 12.6 Å². The zero-order chi connectivity index (χ0) is 16.8. The Morgan fingerprint density at radius 1 is 1.35 bits per heavy atom. The van der Waals surface area contributed by atoms with Crippen LogP contribution < -0.4 is 10.2 Å². The minimum absolute atomic E-state index is 0.332. The third-order valence-corrected chi connectivity index (χ3v) is 3.78. The summed E-state index contributed by atoms with van der Waals surface area (Å²) < 4.78 is 0. The topological polar surface area (TPSA) is 90.0 Å². The van der Waals surface area contributed by atoms with Crippen molar-refractivity contribution in [2.75, 3.05) is 24.5 Å². The number of likely N-dealkylation sites (tertiary alicyclic amines) is 1. The van der Waals surface area contributed by atoms with Crippen LogP contribution in [0.3, 0.4) is 0 Å². The summed E-state index contributed by atoms with van der Waals surface area (Å²) in [6.45, 7) is 2.40. The lowest BCUT2D eigenvalue weighted by Crippen LogP contribution is -2.55. The summed E-state index contributed by atoms with van der Waals surface area (Å²) in [6.07, 6.45) is 1.19. The first kappa shape index (κ1) is 16.8. The fraction of sp³-hybridized carbons (Fsp3) is 0.438. The molecule has 0 radical (unpaired) electrons. The Hall–Kier alpha value is -2.57. The summed E-state index contributed by atoms with van der Waals surface area (Å²) in [4.78, 5) is 38.3. The maximum atomic E-state index is 12.4. The number of carboxylic acids is 1. The Balaban J connectivity index is 2.03. The van der Waals surface area contributed by atoms with Crippen LogP contribution >= 0.6 is 0 Å². The van der Waals surface area contributed by atoms with Gasteiger partial charge >= 0.3 is 12.0 Å². The molecule has 0 spiro atoms. The highest BCUT2D eigenvalue weighted by Gasteiger charge is 2.31. The van der Waals surface area contributed by atoms with E-state index in [1.807, 2.05) is 37.3 Å². The van der Waals surface area contributed by atoms with Crippen molar-refractivity contribution in [3.63, 3.8) is 0 Å². The molecule has 1 atom stereocenters. The molecule has 0 bridgehead atoms.